The number of halogens is 6. The van der Waals surface area contributed by atoms with Gasteiger partial charge in [0.1, 0.15) is 17.2 Å². The van der Waals surface area contributed by atoms with E-state index in [0.717, 1.165) is 48.4 Å². The minimum Gasteiger partial charge on any atom is -0.267 e. The average molecular weight is 579 g/mol. The van der Waals surface area contributed by atoms with Crippen LogP contribution in [-0.4, -0.2) is 29.8 Å². The zero-order chi connectivity index (χ0) is 29.7. The van der Waals surface area contributed by atoms with E-state index in [1.54, 1.807) is 6.07 Å². The van der Waals surface area contributed by atoms with Gasteiger partial charge in [-0.1, -0.05) is 31.4 Å². The van der Waals surface area contributed by atoms with E-state index in [2.05, 4.69) is 20.3 Å². The molecule has 0 saturated heterocycles. The van der Waals surface area contributed by atoms with Crippen LogP contribution in [-0.2, 0) is 12.7 Å². The monoisotopic (exact) mass is 578 g/mol. The lowest BCUT2D eigenvalue weighted by Crippen LogP contribution is -2.30. The highest BCUT2D eigenvalue weighted by atomic mass is 19.4. The fraction of sp³-hybridized carbons (Fsp3) is 0.393. The van der Waals surface area contributed by atoms with Gasteiger partial charge in [0.2, 0.25) is 0 Å². The van der Waals surface area contributed by atoms with Gasteiger partial charge in [-0.3, -0.25) is 9.78 Å². The van der Waals surface area contributed by atoms with Gasteiger partial charge in [-0.15, -0.1) is 9.90 Å². The zero-order valence-corrected chi connectivity index (χ0v) is 22.4. The van der Waals surface area contributed by atoms with Crippen LogP contribution in [0, 0.1) is 19.7 Å². The molecule has 0 spiro atoms. The molecule has 0 amide bonds. The van der Waals surface area contributed by atoms with Crippen LogP contribution in [0.2, 0.25) is 0 Å². The maximum absolute atomic E-state index is 13.5. The number of alkyl halides is 5. The van der Waals surface area contributed by atoms with Gasteiger partial charge in [-0.2, -0.15) is 32.1 Å². The molecule has 4 aromatic rings. The summed E-state index contributed by atoms with van der Waals surface area (Å²) in [4.78, 5) is 17.3. The molecule has 218 valence electrons. The minimum absolute atomic E-state index is 0.0400. The third kappa shape index (κ3) is 7.39. The van der Waals surface area contributed by atoms with E-state index in [4.69, 9.17) is 0 Å². The number of hydrogen-bond acceptors (Lipinski definition) is 5. The lowest BCUT2D eigenvalue weighted by molar-refractivity contribution is -0.138. The third-order valence-electron chi connectivity index (χ3n) is 6.74. The molecule has 0 aliphatic heterocycles. The summed E-state index contributed by atoms with van der Waals surface area (Å²) in [6.45, 7) is -0.157. The quantitative estimate of drug-likeness (QED) is 0.242. The van der Waals surface area contributed by atoms with Crippen LogP contribution in [0.15, 0.2) is 53.5 Å². The van der Waals surface area contributed by atoms with Crippen molar-refractivity contribution < 1.29 is 26.3 Å². The largest absolute Gasteiger partial charge is 0.418 e. The predicted molar refractivity (Wildman–Crippen MR) is 139 cm³/mol. The Kier molecular flexibility index (Phi) is 9.24. The summed E-state index contributed by atoms with van der Waals surface area (Å²) in [5.74, 6) is -0.263. The Balaban J connectivity index is 0.000000417. The number of aromatic nitrogens is 6. The second kappa shape index (κ2) is 12.6. The van der Waals surface area contributed by atoms with Crippen molar-refractivity contribution in [1.82, 2.24) is 29.8 Å². The number of aryl methyl sites for hydroxylation is 2. The summed E-state index contributed by atoms with van der Waals surface area (Å²) in [5, 5.41) is 11.6. The van der Waals surface area contributed by atoms with Crippen molar-refractivity contribution >= 4 is 0 Å². The van der Waals surface area contributed by atoms with Gasteiger partial charge in [-0.25, -0.2) is 9.07 Å². The van der Waals surface area contributed by atoms with Crippen molar-refractivity contribution in [2.75, 3.05) is 0 Å². The smallest absolute Gasteiger partial charge is 0.267 e. The molecule has 0 bridgehead atoms. The van der Waals surface area contributed by atoms with E-state index in [0.29, 0.717) is 5.56 Å². The van der Waals surface area contributed by atoms with Crippen LogP contribution in [0.3, 0.4) is 0 Å². The van der Waals surface area contributed by atoms with E-state index < -0.39 is 30.4 Å². The highest BCUT2D eigenvalue weighted by Crippen LogP contribution is 2.33. The lowest BCUT2D eigenvalue weighted by Gasteiger charge is -2.22. The first-order valence-electron chi connectivity index (χ1n) is 13.0. The Morgan fingerprint density at radius 3 is 2.29 bits per heavy atom. The van der Waals surface area contributed by atoms with Gasteiger partial charge >= 0.3 is 12.7 Å². The van der Waals surface area contributed by atoms with Crippen molar-refractivity contribution in [1.29, 1.82) is 0 Å². The first-order chi connectivity index (χ1) is 19.4. The normalized spacial score (nSPS) is 14.2. The van der Waals surface area contributed by atoms with Gasteiger partial charge in [0.05, 0.1) is 23.5 Å². The second-order valence-corrected chi connectivity index (χ2v) is 9.81. The SMILES string of the molecule is Cc1cccc(F)c1.Cc1nn(C(F)F)nc1-c1cc(C2CCCCC2)c(=O)n(Cc2ncccc2C(F)(F)F)n1. The zero-order valence-electron chi connectivity index (χ0n) is 22.4. The number of pyridine rings is 1. The minimum atomic E-state index is -4.66. The number of benzene rings is 1. The molecule has 1 fully saturated rings. The standard InChI is InChI=1S/C21H21F5N6O.C7H7F/c1-12-18(30-32(28-12)20(22)23)16-10-14(13-6-3-2-4-7-13)19(33)31(29-16)11-17-15(21(24,25)26)8-5-9-27-17;1-6-3-2-4-7(8)5-6/h5,8-10,13,20H,2-4,6-7,11H2,1H3;2-5H,1H3. The average Bonchev–Trinajstić information content (AvgIpc) is 3.32. The van der Waals surface area contributed by atoms with Crippen LogP contribution in [0.25, 0.3) is 11.4 Å². The van der Waals surface area contributed by atoms with Crippen molar-refractivity contribution in [3.63, 3.8) is 0 Å². The molecular formula is C28H28F6N6O. The topological polar surface area (TPSA) is 78.5 Å². The van der Waals surface area contributed by atoms with Crippen LogP contribution in [0.4, 0.5) is 26.3 Å². The molecule has 0 radical (unpaired) electrons. The molecule has 0 atom stereocenters. The summed E-state index contributed by atoms with van der Waals surface area (Å²) in [6.07, 6.45) is 0.917. The second-order valence-electron chi connectivity index (χ2n) is 9.81. The van der Waals surface area contributed by atoms with E-state index in [-0.39, 0.29) is 39.3 Å². The first-order valence-corrected chi connectivity index (χ1v) is 13.0. The van der Waals surface area contributed by atoms with Gasteiger partial charge in [0.15, 0.2) is 0 Å². The van der Waals surface area contributed by atoms with E-state index in [9.17, 15) is 31.1 Å². The molecule has 0 N–H and O–H groups in total. The van der Waals surface area contributed by atoms with Crippen molar-refractivity contribution in [3.05, 3.63) is 92.9 Å². The van der Waals surface area contributed by atoms with Crippen LogP contribution < -0.4 is 5.56 Å². The Bertz CT molecular complexity index is 1520. The molecule has 3 heterocycles. The van der Waals surface area contributed by atoms with E-state index in [1.165, 1.54) is 37.4 Å². The Labute approximate surface area is 231 Å². The molecule has 1 aliphatic carbocycles. The molecule has 7 nitrogen and oxygen atoms in total. The molecule has 0 unspecified atom stereocenters. The van der Waals surface area contributed by atoms with Gasteiger partial charge in [0, 0.05) is 11.8 Å². The molecule has 41 heavy (non-hydrogen) atoms. The Hall–Kier alpha value is -4.03. The highest BCUT2D eigenvalue weighted by Gasteiger charge is 2.34. The summed E-state index contributed by atoms with van der Waals surface area (Å²) in [7, 11) is 0. The van der Waals surface area contributed by atoms with Crippen molar-refractivity contribution in [2.24, 2.45) is 0 Å². The van der Waals surface area contributed by atoms with Crippen molar-refractivity contribution in [3.8, 4) is 11.4 Å². The molecule has 1 aliphatic rings. The summed E-state index contributed by atoms with van der Waals surface area (Å²) < 4.78 is 79.6. The van der Waals surface area contributed by atoms with Crippen LogP contribution in [0.5, 0.6) is 0 Å². The Morgan fingerprint density at radius 1 is 0.976 bits per heavy atom. The van der Waals surface area contributed by atoms with Crippen LogP contribution in [0.1, 0.15) is 72.6 Å². The molecule has 1 saturated carbocycles. The maximum atomic E-state index is 13.5. The maximum Gasteiger partial charge on any atom is 0.418 e. The number of nitrogens with zero attached hydrogens (tertiary/aromatic N) is 6. The number of rotatable bonds is 5. The van der Waals surface area contributed by atoms with Crippen molar-refractivity contribution in [2.45, 2.75) is 71.1 Å². The molecule has 5 rings (SSSR count). The third-order valence-corrected chi connectivity index (χ3v) is 6.74. The summed E-state index contributed by atoms with van der Waals surface area (Å²) >= 11 is 0. The van der Waals surface area contributed by atoms with Gasteiger partial charge in [-0.05, 0) is 68.5 Å². The molecule has 13 heteroatoms. The fourth-order valence-electron chi connectivity index (χ4n) is 4.78. The molecule has 3 aromatic heterocycles. The highest BCUT2D eigenvalue weighted by molar-refractivity contribution is 5.56. The van der Waals surface area contributed by atoms with E-state index in [1.807, 2.05) is 13.0 Å². The fourth-order valence-corrected chi connectivity index (χ4v) is 4.78. The van der Waals surface area contributed by atoms with Gasteiger partial charge < -0.3 is 0 Å². The first kappa shape index (κ1) is 29.9. The number of hydrogen-bond donors (Lipinski definition) is 0. The van der Waals surface area contributed by atoms with Gasteiger partial charge in [0.25, 0.3) is 5.56 Å². The Morgan fingerprint density at radius 2 is 1.71 bits per heavy atom. The molecule has 1 aromatic carbocycles. The van der Waals surface area contributed by atoms with E-state index >= 15 is 0 Å². The summed E-state index contributed by atoms with van der Waals surface area (Å²) in [6, 6.07) is 10.1. The molecular weight excluding hydrogens is 550 g/mol. The van der Waals surface area contributed by atoms with Crippen LogP contribution >= 0.6 is 0 Å². The lowest BCUT2D eigenvalue weighted by atomic mass is 9.84. The summed E-state index contributed by atoms with van der Waals surface area (Å²) in [5.41, 5.74) is -0.204. The predicted octanol–water partition coefficient (Wildman–Crippen LogP) is 6.85.